The molecule has 0 saturated heterocycles. The van der Waals surface area contributed by atoms with Crippen LogP contribution >= 0.6 is 0 Å². The fourth-order valence-corrected chi connectivity index (χ4v) is 2.62. The van der Waals surface area contributed by atoms with Crippen molar-refractivity contribution in [2.75, 3.05) is 13.1 Å². The summed E-state index contributed by atoms with van der Waals surface area (Å²) in [4.78, 5) is 15.8. The molecule has 0 aromatic carbocycles. The highest BCUT2D eigenvalue weighted by Crippen LogP contribution is 2.19. The molecule has 0 radical (unpaired) electrons. The van der Waals surface area contributed by atoms with Gasteiger partial charge in [0.15, 0.2) is 0 Å². The van der Waals surface area contributed by atoms with E-state index in [1.807, 2.05) is 13.1 Å². The molecule has 0 spiro atoms. The fourth-order valence-electron chi connectivity index (χ4n) is 2.62. The van der Waals surface area contributed by atoms with Crippen molar-refractivity contribution >= 4 is 6.03 Å². The van der Waals surface area contributed by atoms with E-state index in [0.29, 0.717) is 6.54 Å². The van der Waals surface area contributed by atoms with E-state index in [9.17, 15) is 4.79 Å². The predicted molar refractivity (Wildman–Crippen MR) is 84.2 cm³/mol. The lowest BCUT2D eigenvalue weighted by atomic mass is 9.97. The summed E-state index contributed by atoms with van der Waals surface area (Å²) in [6.07, 6.45) is 13.0. The van der Waals surface area contributed by atoms with Crippen LogP contribution in [0.25, 0.3) is 0 Å². The average Bonchev–Trinajstić information content (AvgIpc) is 2.90. The summed E-state index contributed by atoms with van der Waals surface area (Å²) >= 11 is 0. The van der Waals surface area contributed by atoms with Gasteiger partial charge in [-0.05, 0) is 45.4 Å². The van der Waals surface area contributed by atoms with Crippen LogP contribution in [0.4, 0.5) is 4.79 Å². The van der Waals surface area contributed by atoms with Crippen LogP contribution in [0.2, 0.25) is 0 Å². The maximum Gasteiger partial charge on any atom is 0.314 e. The van der Waals surface area contributed by atoms with Crippen molar-refractivity contribution in [3.05, 3.63) is 29.9 Å². The molecule has 1 aliphatic carbocycles. The number of allylic oxidation sites excluding steroid dienone is 1. The van der Waals surface area contributed by atoms with Gasteiger partial charge in [0.05, 0.1) is 0 Å². The van der Waals surface area contributed by atoms with Crippen molar-refractivity contribution in [1.82, 2.24) is 20.2 Å². The molecule has 0 bridgehead atoms. The molecular formula is C16H26N4O. The highest BCUT2D eigenvalue weighted by Gasteiger charge is 2.04. The summed E-state index contributed by atoms with van der Waals surface area (Å²) in [5.74, 6) is 1.01. The zero-order valence-corrected chi connectivity index (χ0v) is 12.9. The van der Waals surface area contributed by atoms with Crippen LogP contribution in [0, 0.1) is 6.92 Å². The SMILES string of the molecule is Cc1nccn1CCCNC(=O)NCCC1=CCCCC1. The van der Waals surface area contributed by atoms with E-state index in [0.717, 1.165) is 31.8 Å². The first kappa shape index (κ1) is 15.6. The Labute approximate surface area is 126 Å². The Morgan fingerprint density at radius 1 is 1.33 bits per heavy atom. The van der Waals surface area contributed by atoms with E-state index in [1.165, 1.54) is 31.3 Å². The van der Waals surface area contributed by atoms with E-state index >= 15 is 0 Å². The van der Waals surface area contributed by atoms with Crippen molar-refractivity contribution in [2.45, 2.75) is 52.0 Å². The predicted octanol–water partition coefficient (Wildman–Crippen LogP) is 2.77. The molecule has 5 heteroatoms. The molecule has 1 aromatic rings. The smallest absolute Gasteiger partial charge is 0.314 e. The summed E-state index contributed by atoms with van der Waals surface area (Å²) < 4.78 is 2.09. The van der Waals surface area contributed by atoms with Crippen LogP contribution in [-0.2, 0) is 6.54 Å². The van der Waals surface area contributed by atoms with Crippen molar-refractivity contribution in [3.8, 4) is 0 Å². The van der Waals surface area contributed by atoms with Gasteiger partial charge < -0.3 is 15.2 Å². The van der Waals surface area contributed by atoms with E-state index in [4.69, 9.17) is 0 Å². The molecule has 2 rings (SSSR count). The van der Waals surface area contributed by atoms with Gasteiger partial charge in [0.2, 0.25) is 0 Å². The van der Waals surface area contributed by atoms with Crippen LogP contribution in [0.15, 0.2) is 24.0 Å². The number of imidazole rings is 1. The molecule has 0 unspecified atom stereocenters. The topological polar surface area (TPSA) is 59.0 Å². The molecule has 2 N–H and O–H groups in total. The lowest BCUT2D eigenvalue weighted by Gasteiger charge is -2.13. The Morgan fingerprint density at radius 2 is 2.19 bits per heavy atom. The van der Waals surface area contributed by atoms with Crippen LogP contribution in [0.3, 0.4) is 0 Å². The van der Waals surface area contributed by atoms with Crippen molar-refractivity contribution in [3.63, 3.8) is 0 Å². The molecule has 5 nitrogen and oxygen atoms in total. The number of nitrogens with zero attached hydrogens (tertiary/aromatic N) is 2. The molecule has 1 heterocycles. The summed E-state index contributed by atoms with van der Waals surface area (Å²) in [5.41, 5.74) is 1.50. The van der Waals surface area contributed by atoms with Crippen molar-refractivity contribution < 1.29 is 4.79 Å². The minimum absolute atomic E-state index is 0.0613. The first-order chi connectivity index (χ1) is 10.3. The Kier molecular flexibility index (Phi) is 6.31. The standard InChI is InChI=1S/C16H26N4O/c1-14-17-11-13-20(14)12-5-9-18-16(21)19-10-8-15-6-3-2-4-7-15/h6,11,13H,2-5,7-10,12H2,1H3,(H2,18,19,21). The van der Waals surface area contributed by atoms with Gasteiger partial charge in [0.1, 0.15) is 5.82 Å². The molecule has 0 saturated carbocycles. The minimum Gasteiger partial charge on any atom is -0.338 e. The number of aromatic nitrogens is 2. The Bertz CT molecular complexity index is 478. The van der Waals surface area contributed by atoms with Gasteiger partial charge in [-0.2, -0.15) is 0 Å². The second kappa shape index (κ2) is 8.49. The van der Waals surface area contributed by atoms with Gasteiger partial charge in [-0.1, -0.05) is 11.6 Å². The van der Waals surface area contributed by atoms with Crippen molar-refractivity contribution in [2.24, 2.45) is 0 Å². The van der Waals surface area contributed by atoms with Gasteiger partial charge in [0.25, 0.3) is 0 Å². The zero-order chi connectivity index (χ0) is 14.9. The lowest BCUT2D eigenvalue weighted by molar-refractivity contribution is 0.240. The van der Waals surface area contributed by atoms with Gasteiger partial charge in [-0.3, -0.25) is 0 Å². The first-order valence-corrected chi connectivity index (χ1v) is 7.93. The molecule has 0 aliphatic heterocycles. The number of urea groups is 1. The number of aryl methyl sites for hydroxylation is 2. The fraction of sp³-hybridized carbons (Fsp3) is 0.625. The van der Waals surface area contributed by atoms with Crippen LogP contribution in [-0.4, -0.2) is 28.7 Å². The van der Waals surface area contributed by atoms with Gasteiger partial charge in [0, 0.05) is 32.0 Å². The van der Waals surface area contributed by atoms with E-state index in [-0.39, 0.29) is 6.03 Å². The van der Waals surface area contributed by atoms with E-state index < -0.39 is 0 Å². The molecule has 1 aliphatic rings. The van der Waals surface area contributed by atoms with Gasteiger partial charge >= 0.3 is 6.03 Å². The quantitative estimate of drug-likeness (QED) is 0.599. The highest BCUT2D eigenvalue weighted by atomic mass is 16.2. The Morgan fingerprint density at radius 3 is 2.90 bits per heavy atom. The number of rotatable bonds is 7. The third-order valence-electron chi connectivity index (χ3n) is 3.90. The summed E-state index contributed by atoms with van der Waals surface area (Å²) in [6.45, 7) is 4.30. The normalized spacial score (nSPS) is 14.6. The lowest BCUT2D eigenvalue weighted by Crippen LogP contribution is -2.36. The third kappa shape index (κ3) is 5.61. The van der Waals surface area contributed by atoms with Gasteiger partial charge in [-0.25, -0.2) is 9.78 Å². The van der Waals surface area contributed by atoms with Crippen molar-refractivity contribution in [1.29, 1.82) is 0 Å². The third-order valence-corrected chi connectivity index (χ3v) is 3.90. The molecular weight excluding hydrogens is 264 g/mol. The number of carbonyl (C=O) groups is 1. The number of hydrogen-bond donors (Lipinski definition) is 2. The zero-order valence-electron chi connectivity index (χ0n) is 12.9. The summed E-state index contributed by atoms with van der Waals surface area (Å²) in [6, 6.07) is -0.0613. The van der Waals surface area contributed by atoms with Gasteiger partial charge in [-0.15, -0.1) is 0 Å². The van der Waals surface area contributed by atoms with E-state index in [2.05, 4.69) is 26.3 Å². The molecule has 0 fully saturated rings. The molecule has 1 aromatic heterocycles. The molecule has 0 atom stereocenters. The van der Waals surface area contributed by atoms with E-state index in [1.54, 1.807) is 6.20 Å². The monoisotopic (exact) mass is 290 g/mol. The first-order valence-electron chi connectivity index (χ1n) is 7.93. The summed E-state index contributed by atoms with van der Waals surface area (Å²) in [7, 11) is 0. The highest BCUT2D eigenvalue weighted by molar-refractivity contribution is 5.73. The largest absolute Gasteiger partial charge is 0.338 e. The number of carbonyl (C=O) groups excluding carboxylic acids is 1. The Balaban J connectivity index is 1.51. The number of hydrogen-bond acceptors (Lipinski definition) is 2. The van der Waals surface area contributed by atoms with Crippen LogP contribution in [0.5, 0.6) is 0 Å². The second-order valence-electron chi connectivity index (χ2n) is 5.56. The molecule has 21 heavy (non-hydrogen) atoms. The average molecular weight is 290 g/mol. The van der Waals surface area contributed by atoms with Crippen LogP contribution < -0.4 is 10.6 Å². The molecule has 2 amide bonds. The minimum atomic E-state index is -0.0613. The number of amides is 2. The summed E-state index contributed by atoms with van der Waals surface area (Å²) in [5, 5.41) is 5.82. The molecule has 116 valence electrons. The number of nitrogens with one attached hydrogen (secondary N) is 2. The maximum absolute atomic E-state index is 11.7. The maximum atomic E-state index is 11.7. The van der Waals surface area contributed by atoms with Crippen LogP contribution in [0.1, 0.15) is 44.3 Å². The second-order valence-corrected chi connectivity index (χ2v) is 5.56. The Hall–Kier alpha value is -1.78.